The van der Waals surface area contributed by atoms with Crippen molar-refractivity contribution in [1.29, 1.82) is 0 Å². The van der Waals surface area contributed by atoms with Crippen LogP contribution in [0.2, 0.25) is 0 Å². The van der Waals surface area contributed by atoms with E-state index in [4.69, 9.17) is 4.42 Å². The van der Waals surface area contributed by atoms with Crippen molar-refractivity contribution in [2.45, 2.75) is 17.8 Å². The highest BCUT2D eigenvalue weighted by Gasteiger charge is 2.14. The Morgan fingerprint density at radius 3 is 2.92 bits per heavy atom. The summed E-state index contributed by atoms with van der Waals surface area (Å²) in [5, 5.41) is 9.09. The fourth-order valence-electron chi connectivity index (χ4n) is 2.58. The summed E-state index contributed by atoms with van der Waals surface area (Å²) in [5.74, 6) is 1.86. The minimum absolute atomic E-state index is 0.0847. The monoisotopic (exact) mass is 353 g/mol. The van der Waals surface area contributed by atoms with Gasteiger partial charge in [-0.2, -0.15) is 0 Å². The highest BCUT2D eigenvalue weighted by atomic mass is 32.2. The second-order valence-corrected chi connectivity index (χ2v) is 6.54. The molecule has 0 radical (unpaired) electrons. The standard InChI is InChI=1S/C17H15N5O2S/c1-11-5-3-7-22-14(23)9-12(18-15(11)22)10-25-17-20-19-16(21(17)2)13-6-4-8-24-13/h3-9H,10H2,1-2H3. The summed E-state index contributed by atoms with van der Waals surface area (Å²) >= 11 is 1.48. The number of aryl methyl sites for hydroxylation is 1. The van der Waals surface area contributed by atoms with E-state index in [-0.39, 0.29) is 5.56 Å². The van der Waals surface area contributed by atoms with Gasteiger partial charge in [-0.05, 0) is 30.7 Å². The summed E-state index contributed by atoms with van der Waals surface area (Å²) < 4.78 is 8.78. The number of hydrogen-bond donors (Lipinski definition) is 0. The predicted octanol–water partition coefficient (Wildman–Crippen LogP) is 2.68. The zero-order valence-electron chi connectivity index (χ0n) is 13.7. The smallest absolute Gasteiger partial charge is 0.258 e. The van der Waals surface area contributed by atoms with Crippen molar-refractivity contribution in [3.63, 3.8) is 0 Å². The van der Waals surface area contributed by atoms with Gasteiger partial charge in [-0.1, -0.05) is 17.8 Å². The molecule has 0 aliphatic heterocycles. The number of furan rings is 1. The first-order chi connectivity index (χ1) is 12.1. The summed E-state index contributed by atoms with van der Waals surface area (Å²) in [7, 11) is 1.88. The van der Waals surface area contributed by atoms with Crippen LogP contribution in [0.5, 0.6) is 0 Å². The molecule has 0 amide bonds. The Hall–Kier alpha value is -2.87. The minimum Gasteiger partial charge on any atom is -0.461 e. The van der Waals surface area contributed by atoms with Crippen LogP contribution in [0, 0.1) is 6.92 Å². The van der Waals surface area contributed by atoms with Crippen molar-refractivity contribution in [2.75, 3.05) is 0 Å². The number of thioether (sulfide) groups is 1. The molecule has 8 heteroatoms. The summed E-state index contributed by atoms with van der Waals surface area (Å²) in [5.41, 5.74) is 2.27. The van der Waals surface area contributed by atoms with Crippen LogP contribution in [0.4, 0.5) is 0 Å². The summed E-state index contributed by atoms with van der Waals surface area (Å²) in [6.07, 6.45) is 3.33. The average molecular weight is 353 g/mol. The summed E-state index contributed by atoms with van der Waals surface area (Å²) in [6, 6.07) is 8.99. The van der Waals surface area contributed by atoms with Crippen molar-refractivity contribution >= 4 is 17.4 Å². The largest absolute Gasteiger partial charge is 0.461 e. The topological polar surface area (TPSA) is 78.2 Å². The normalized spacial score (nSPS) is 11.3. The fourth-order valence-corrected chi connectivity index (χ4v) is 3.39. The van der Waals surface area contributed by atoms with Gasteiger partial charge in [0, 0.05) is 25.1 Å². The molecule has 4 aromatic heterocycles. The molecule has 0 aliphatic carbocycles. The van der Waals surface area contributed by atoms with E-state index in [2.05, 4.69) is 15.2 Å². The Labute approximate surface area is 147 Å². The van der Waals surface area contributed by atoms with Crippen molar-refractivity contribution < 1.29 is 4.42 Å². The van der Waals surface area contributed by atoms with Crippen LogP contribution in [0.25, 0.3) is 17.2 Å². The lowest BCUT2D eigenvalue weighted by Crippen LogP contribution is -2.15. The van der Waals surface area contributed by atoms with E-state index in [1.165, 1.54) is 11.8 Å². The first-order valence-corrected chi connectivity index (χ1v) is 8.66. The highest BCUT2D eigenvalue weighted by molar-refractivity contribution is 7.98. The molecule has 25 heavy (non-hydrogen) atoms. The van der Waals surface area contributed by atoms with Crippen molar-refractivity contribution in [2.24, 2.45) is 7.05 Å². The molecule has 0 aromatic carbocycles. The minimum atomic E-state index is -0.0847. The molecule has 0 bridgehead atoms. The van der Waals surface area contributed by atoms with E-state index in [1.807, 2.05) is 42.8 Å². The van der Waals surface area contributed by atoms with Gasteiger partial charge in [0.2, 0.25) is 0 Å². The Kier molecular flexibility index (Phi) is 3.89. The second kappa shape index (κ2) is 6.21. The van der Waals surface area contributed by atoms with Gasteiger partial charge in [-0.25, -0.2) is 4.98 Å². The molecular weight excluding hydrogens is 338 g/mol. The number of rotatable bonds is 4. The van der Waals surface area contributed by atoms with Gasteiger partial charge in [-0.3, -0.25) is 9.20 Å². The van der Waals surface area contributed by atoms with Crippen LogP contribution in [0.1, 0.15) is 11.3 Å². The lowest BCUT2D eigenvalue weighted by molar-refractivity contribution is 0.572. The lowest BCUT2D eigenvalue weighted by Gasteiger charge is -2.06. The van der Waals surface area contributed by atoms with Gasteiger partial charge in [0.25, 0.3) is 5.56 Å². The van der Waals surface area contributed by atoms with Crippen LogP contribution < -0.4 is 5.56 Å². The summed E-state index contributed by atoms with van der Waals surface area (Å²) in [6.45, 7) is 1.94. The molecule has 0 fully saturated rings. The third-order valence-corrected chi connectivity index (χ3v) is 4.92. The van der Waals surface area contributed by atoms with Crippen LogP contribution in [0.15, 0.2) is 57.2 Å². The van der Waals surface area contributed by atoms with E-state index in [1.54, 1.807) is 22.9 Å². The van der Waals surface area contributed by atoms with E-state index in [9.17, 15) is 4.79 Å². The number of fused-ring (bicyclic) bond motifs is 1. The zero-order valence-corrected chi connectivity index (χ0v) is 14.5. The van der Waals surface area contributed by atoms with E-state index >= 15 is 0 Å². The van der Waals surface area contributed by atoms with Crippen molar-refractivity contribution in [3.05, 3.63) is 64.4 Å². The van der Waals surface area contributed by atoms with E-state index in [0.29, 0.717) is 28.7 Å². The molecule has 4 rings (SSSR count). The second-order valence-electron chi connectivity index (χ2n) is 5.60. The van der Waals surface area contributed by atoms with Gasteiger partial charge >= 0.3 is 0 Å². The quantitative estimate of drug-likeness (QED) is 0.525. The highest BCUT2D eigenvalue weighted by Crippen LogP contribution is 2.24. The number of aromatic nitrogens is 5. The molecular formula is C17H15N5O2S. The molecule has 0 saturated carbocycles. The molecule has 7 nitrogen and oxygen atoms in total. The predicted molar refractivity (Wildman–Crippen MR) is 94.5 cm³/mol. The average Bonchev–Trinajstić information content (AvgIpc) is 3.24. The van der Waals surface area contributed by atoms with Crippen LogP contribution in [-0.2, 0) is 12.8 Å². The molecule has 4 heterocycles. The molecule has 0 saturated heterocycles. The van der Waals surface area contributed by atoms with Gasteiger partial charge < -0.3 is 8.98 Å². The van der Waals surface area contributed by atoms with Crippen LogP contribution in [-0.4, -0.2) is 24.1 Å². The molecule has 0 aliphatic rings. The van der Waals surface area contributed by atoms with Gasteiger partial charge in [-0.15, -0.1) is 10.2 Å². The maximum atomic E-state index is 12.3. The number of pyridine rings is 1. The molecule has 0 unspecified atom stereocenters. The lowest BCUT2D eigenvalue weighted by atomic mass is 10.3. The first-order valence-electron chi connectivity index (χ1n) is 7.67. The molecule has 0 atom stereocenters. The first kappa shape index (κ1) is 15.6. The fraction of sp³-hybridized carbons (Fsp3) is 0.176. The third kappa shape index (κ3) is 2.85. The number of hydrogen-bond acceptors (Lipinski definition) is 6. The van der Waals surface area contributed by atoms with Crippen LogP contribution in [0.3, 0.4) is 0 Å². The van der Waals surface area contributed by atoms with Gasteiger partial charge in [0.05, 0.1) is 12.0 Å². The van der Waals surface area contributed by atoms with E-state index in [0.717, 1.165) is 10.7 Å². The Bertz CT molecular complexity index is 1100. The number of nitrogens with zero attached hydrogens (tertiary/aromatic N) is 5. The van der Waals surface area contributed by atoms with Crippen molar-refractivity contribution in [1.82, 2.24) is 24.1 Å². The third-order valence-electron chi connectivity index (χ3n) is 3.86. The summed E-state index contributed by atoms with van der Waals surface area (Å²) in [4.78, 5) is 16.9. The molecule has 126 valence electrons. The maximum absolute atomic E-state index is 12.3. The molecule has 0 N–H and O–H groups in total. The maximum Gasteiger partial charge on any atom is 0.258 e. The zero-order chi connectivity index (χ0) is 17.4. The Morgan fingerprint density at radius 2 is 2.12 bits per heavy atom. The van der Waals surface area contributed by atoms with Crippen molar-refractivity contribution in [3.8, 4) is 11.6 Å². The SMILES string of the molecule is Cc1cccn2c(=O)cc(CSc3nnc(-c4ccco4)n3C)nc12. The van der Waals surface area contributed by atoms with Crippen LogP contribution >= 0.6 is 11.8 Å². The molecule has 4 aromatic rings. The van der Waals surface area contributed by atoms with E-state index < -0.39 is 0 Å². The Balaban J connectivity index is 1.61. The van der Waals surface area contributed by atoms with Gasteiger partial charge in [0.15, 0.2) is 16.7 Å². The van der Waals surface area contributed by atoms with Gasteiger partial charge in [0.1, 0.15) is 5.65 Å². The Morgan fingerprint density at radius 1 is 1.24 bits per heavy atom. The molecule has 0 spiro atoms.